The standard InChI is InChI=1S/C15H16O7/c1-3-20-13(16)8-9-14(17)21-10-15(18)22-12-6-4-11(19-2)5-7-12/h4-9H,3,10H2,1-2H3. The van der Waals surface area contributed by atoms with Gasteiger partial charge < -0.3 is 18.9 Å². The Hall–Kier alpha value is -2.83. The van der Waals surface area contributed by atoms with Gasteiger partial charge in [0.25, 0.3) is 0 Å². The summed E-state index contributed by atoms with van der Waals surface area (Å²) in [4.78, 5) is 33.7. The van der Waals surface area contributed by atoms with Gasteiger partial charge in [-0.25, -0.2) is 14.4 Å². The molecule has 0 saturated carbocycles. The minimum Gasteiger partial charge on any atom is -0.497 e. The van der Waals surface area contributed by atoms with Gasteiger partial charge in [-0.1, -0.05) is 0 Å². The Labute approximate surface area is 127 Å². The van der Waals surface area contributed by atoms with Crippen molar-refractivity contribution >= 4 is 17.9 Å². The molecular weight excluding hydrogens is 292 g/mol. The maximum absolute atomic E-state index is 11.5. The predicted octanol–water partition coefficient (Wildman–Crippen LogP) is 1.26. The first-order valence-electron chi connectivity index (χ1n) is 6.41. The van der Waals surface area contributed by atoms with Crippen LogP contribution < -0.4 is 9.47 Å². The van der Waals surface area contributed by atoms with E-state index in [0.29, 0.717) is 11.5 Å². The number of esters is 3. The summed E-state index contributed by atoms with van der Waals surface area (Å²) in [6.07, 6.45) is 1.79. The highest BCUT2D eigenvalue weighted by molar-refractivity contribution is 5.92. The van der Waals surface area contributed by atoms with Crippen molar-refractivity contribution < 1.29 is 33.3 Å². The number of carbonyl (C=O) groups excluding carboxylic acids is 3. The van der Waals surface area contributed by atoms with Gasteiger partial charge in [0.05, 0.1) is 13.7 Å². The van der Waals surface area contributed by atoms with Crippen molar-refractivity contribution in [1.29, 1.82) is 0 Å². The average Bonchev–Trinajstić information content (AvgIpc) is 2.52. The molecule has 0 aliphatic rings. The summed E-state index contributed by atoms with van der Waals surface area (Å²) in [5, 5.41) is 0. The van der Waals surface area contributed by atoms with Crippen LogP contribution in [-0.4, -0.2) is 38.2 Å². The first kappa shape index (κ1) is 17.2. The van der Waals surface area contributed by atoms with Gasteiger partial charge >= 0.3 is 17.9 Å². The van der Waals surface area contributed by atoms with Crippen LogP contribution in [0.25, 0.3) is 0 Å². The summed E-state index contributed by atoms with van der Waals surface area (Å²) in [5.74, 6) is -1.35. The van der Waals surface area contributed by atoms with E-state index in [2.05, 4.69) is 9.47 Å². The molecule has 0 spiro atoms. The van der Waals surface area contributed by atoms with Crippen molar-refractivity contribution in [3.05, 3.63) is 36.4 Å². The smallest absolute Gasteiger partial charge is 0.349 e. The summed E-state index contributed by atoms with van der Waals surface area (Å²) >= 11 is 0. The molecule has 0 unspecified atom stereocenters. The van der Waals surface area contributed by atoms with Gasteiger partial charge in [-0.05, 0) is 31.2 Å². The highest BCUT2D eigenvalue weighted by atomic mass is 16.6. The molecule has 0 bridgehead atoms. The van der Waals surface area contributed by atoms with Crippen molar-refractivity contribution in [2.45, 2.75) is 6.92 Å². The molecule has 1 aromatic rings. The van der Waals surface area contributed by atoms with E-state index in [1.165, 1.54) is 7.11 Å². The van der Waals surface area contributed by atoms with Gasteiger partial charge in [-0.2, -0.15) is 0 Å². The molecule has 0 N–H and O–H groups in total. The molecule has 22 heavy (non-hydrogen) atoms. The molecule has 1 rings (SSSR count). The van der Waals surface area contributed by atoms with Gasteiger partial charge in [-0.3, -0.25) is 0 Å². The van der Waals surface area contributed by atoms with Gasteiger partial charge in [0.1, 0.15) is 11.5 Å². The van der Waals surface area contributed by atoms with E-state index in [1.807, 2.05) is 0 Å². The zero-order chi connectivity index (χ0) is 16.4. The Bertz CT molecular complexity index is 546. The number of methoxy groups -OCH3 is 1. The lowest BCUT2D eigenvalue weighted by Gasteiger charge is -2.05. The highest BCUT2D eigenvalue weighted by Gasteiger charge is 2.08. The molecule has 0 saturated heterocycles. The lowest BCUT2D eigenvalue weighted by atomic mass is 10.3. The number of benzene rings is 1. The molecule has 7 heteroatoms. The Morgan fingerprint density at radius 3 is 2.05 bits per heavy atom. The number of rotatable bonds is 7. The zero-order valence-corrected chi connectivity index (χ0v) is 12.2. The second kappa shape index (κ2) is 9.17. The highest BCUT2D eigenvalue weighted by Crippen LogP contribution is 2.16. The monoisotopic (exact) mass is 308 g/mol. The number of hydrogen-bond donors (Lipinski definition) is 0. The van der Waals surface area contributed by atoms with Crippen molar-refractivity contribution in [2.24, 2.45) is 0 Å². The fourth-order valence-corrected chi connectivity index (χ4v) is 1.31. The second-order valence-corrected chi connectivity index (χ2v) is 3.84. The molecule has 0 heterocycles. The van der Waals surface area contributed by atoms with Gasteiger partial charge in [0.15, 0.2) is 6.61 Å². The van der Waals surface area contributed by atoms with E-state index >= 15 is 0 Å². The van der Waals surface area contributed by atoms with Gasteiger partial charge in [0, 0.05) is 12.2 Å². The molecule has 7 nitrogen and oxygen atoms in total. The molecule has 0 fully saturated rings. The normalized spacial score (nSPS) is 10.1. The molecule has 0 atom stereocenters. The van der Waals surface area contributed by atoms with Crippen LogP contribution in [0.4, 0.5) is 0 Å². The molecule has 0 aliphatic carbocycles. The van der Waals surface area contributed by atoms with Crippen molar-refractivity contribution in [3.63, 3.8) is 0 Å². The third-order valence-electron chi connectivity index (χ3n) is 2.27. The van der Waals surface area contributed by atoms with Crippen LogP contribution in [0.2, 0.25) is 0 Å². The Kier molecular flexibility index (Phi) is 7.18. The topological polar surface area (TPSA) is 88.1 Å². The van der Waals surface area contributed by atoms with Crippen molar-refractivity contribution in [2.75, 3.05) is 20.3 Å². The summed E-state index contributed by atoms with van der Waals surface area (Å²) in [5.41, 5.74) is 0. The van der Waals surface area contributed by atoms with Crippen LogP contribution in [0.5, 0.6) is 11.5 Å². The fourth-order valence-electron chi connectivity index (χ4n) is 1.31. The fraction of sp³-hybridized carbons (Fsp3) is 0.267. The number of hydrogen-bond acceptors (Lipinski definition) is 7. The molecule has 1 aromatic carbocycles. The van der Waals surface area contributed by atoms with Crippen molar-refractivity contribution in [1.82, 2.24) is 0 Å². The summed E-state index contributed by atoms with van der Waals surface area (Å²) < 4.78 is 19.1. The molecule has 0 aromatic heterocycles. The SMILES string of the molecule is CCOC(=O)C=CC(=O)OCC(=O)Oc1ccc(OC)cc1. The third kappa shape index (κ3) is 6.56. The van der Waals surface area contributed by atoms with E-state index in [0.717, 1.165) is 12.2 Å². The molecule has 118 valence electrons. The Morgan fingerprint density at radius 2 is 1.50 bits per heavy atom. The van der Waals surface area contributed by atoms with Crippen LogP contribution in [0.1, 0.15) is 6.92 Å². The van der Waals surface area contributed by atoms with E-state index in [9.17, 15) is 14.4 Å². The molecule has 0 amide bonds. The molecule has 0 radical (unpaired) electrons. The van der Waals surface area contributed by atoms with E-state index in [-0.39, 0.29) is 6.61 Å². The van der Waals surface area contributed by atoms with Crippen LogP contribution in [0.15, 0.2) is 36.4 Å². The first-order valence-corrected chi connectivity index (χ1v) is 6.41. The minimum atomic E-state index is -0.847. The summed E-state index contributed by atoms with van der Waals surface area (Å²) in [6, 6.07) is 6.33. The van der Waals surface area contributed by atoms with E-state index in [4.69, 9.17) is 9.47 Å². The largest absolute Gasteiger partial charge is 0.497 e. The molecular formula is C15H16O7. The van der Waals surface area contributed by atoms with E-state index in [1.54, 1.807) is 31.2 Å². The third-order valence-corrected chi connectivity index (χ3v) is 2.27. The second-order valence-electron chi connectivity index (χ2n) is 3.84. The van der Waals surface area contributed by atoms with Gasteiger partial charge in [-0.15, -0.1) is 0 Å². The number of carbonyl (C=O) groups is 3. The van der Waals surface area contributed by atoms with Crippen LogP contribution in [0, 0.1) is 0 Å². The van der Waals surface area contributed by atoms with E-state index < -0.39 is 24.5 Å². The van der Waals surface area contributed by atoms with Crippen molar-refractivity contribution in [3.8, 4) is 11.5 Å². The Morgan fingerprint density at radius 1 is 0.955 bits per heavy atom. The lowest BCUT2D eigenvalue weighted by molar-refractivity contribution is -0.150. The maximum Gasteiger partial charge on any atom is 0.349 e. The lowest BCUT2D eigenvalue weighted by Crippen LogP contribution is -2.18. The Balaban J connectivity index is 2.35. The molecule has 0 aliphatic heterocycles. The quantitative estimate of drug-likeness (QED) is 0.425. The zero-order valence-electron chi connectivity index (χ0n) is 12.2. The van der Waals surface area contributed by atoms with Crippen LogP contribution in [-0.2, 0) is 23.9 Å². The predicted molar refractivity (Wildman–Crippen MR) is 75.4 cm³/mol. The first-order chi connectivity index (χ1) is 10.5. The summed E-state index contributed by atoms with van der Waals surface area (Å²) in [6.45, 7) is 1.27. The summed E-state index contributed by atoms with van der Waals surface area (Å²) in [7, 11) is 1.52. The maximum atomic E-state index is 11.5. The minimum absolute atomic E-state index is 0.201. The van der Waals surface area contributed by atoms with Gasteiger partial charge in [0.2, 0.25) is 0 Å². The van der Waals surface area contributed by atoms with Crippen LogP contribution >= 0.6 is 0 Å². The number of ether oxygens (including phenoxy) is 4. The average molecular weight is 308 g/mol. The van der Waals surface area contributed by atoms with Crippen LogP contribution in [0.3, 0.4) is 0 Å².